The summed E-state index contributed by atoms with van der Waals surface area (Å²) in [5.74, 6) is 0. The van der Waals surface area contributed by atoms with Gasteiger partial charge in [-0.05, 0) is 19.5 Å². The maximum absolute atomic E-state index is 5.88. The lowest BCUT2D eigenvalue weighted by atomic mass is 9.99. The van der Waals surface area contributed by atoms with Crippen LogP contribution in [0.25, 0.3) is 0 Å². The molecule has 0 rings (SSSR count). The van der Waals surface area contributed by atoms with E-state index in [2.05, 4.69) is 23.1 Å². The molecule has 1 nitrogen and oxygen atoms in total. The first-order chi connectivity index (χ1) is 4.12. The van der Waals surface area contributed by atoms with E-state index in [9.17, 15) is 0 Å². The van der Waals surface area contributed by atoms with Gasteiger partial charge in [0.25, 0.3) is 0 Å². The zero-order chi connectivity index (χ0) is 7.33. The zero-order valence-electron chi connectivity index (χ0n) is 6.48. The molecule has 0 aliphatic carbocycles. The largest absolute Gasteiger partial charge is 0.325 e. The molecule has 0 aromatic carbocycles. The van der Waals surface area contributed by atoms with E-state index in [0.717, 1.165) is 12.6 Å². The van der Waals surface area contributed by atoms with Crippen LogP contribution in [0.4, 0.5) is 0 Å². The second kappa shape index (κ2) is 4.24. The molecule has 56 valence electrons. The Morgan fingerprint density at radius 3 is 2.44 bits per heavy atom. The number of nitrogens with two attached hydrogens (primary N) is 1. The van der Waals surface area contributed by atoms with Crippen LogP contribution in [0.5, 0.6) is 0 Å². The monoisotopic (exact) mass is 147 g/mol. The average molecular weight is 147 g/mol. The van der Waals surface area contributed by atoms with E-state index in [1.54, 1.807) is 0 Å². The van der Waals surface area contributed by atoms with Crippen molar-refractivity contribution in [3.8, 4) is 0 Å². The molecule has 0 amide bonds. The highest BCUT2D eigenvalue weighted by atomic mass is 31.0. The lowest BCUT2D eigenvalue weighted by Crippen LogP contribution is -2.37. The molecule has 2 heteroatoms. The molecular formula is C7H18NP. The molecule has 0 bridgehead atoms. The smallest absolute Gasteiger partial charge is 0.0160 e. The van der Waals surface area contributed by atoms with Crippen LogP contribution in [0.3, 0.4) is 0 Å². The second-order valence-electron chi connectivity index (χ2n) is 2.96. The molecule has 0 aromatic heterocycles. The van der Waals surface area contributed by atoms with Gasteiger partial charge in [-0.15, -0.1) is 9.24 Å². The van der Waals surface area contributed by atoms with Crippen molar-refractivity contribution in [3.63, 3.8) is 0 Å². The Morgan fingerprint density at radius 1 is 1.56 bits per heavy atom. The third-order valence-corrected chi connectivity index (χ3v) is 2.50. The van der Waals surface area contributed by atoms with Crippen LogP contribution >= 0.6 is 9.24 Å². The Bertz CT molecular complexity index is 71.3. The first kappa shape index (κ1) is 9.39. The summed E-state index contributed by atoms with van der Waals surface area (Å²) in [5.41, 5.74) is 5.94. The summed E-state index contributed by atoms with van der Waals surface area (Å²) in [4.78, 5) is 0. The zero-order valence-corrected chi connectivity index (χ0v) is 7.64. The van der Waals surface area contributed by atoms with Crippen LogP contribution in [-0.2, 0) is 0 Å². The Balaban J connectivity index is 3.33. The third-order valence-electron chi connectivity index (χ3n) is 1.57. The van der Waals surface area contributed by atoms with Gasteiger partial charge in [0.15, 0.2) is 0 Å². The van der Waals surface area contributed by atoms with Crippen molar-refractivity contribution in [1.29, 1.82) is 0 Å². The van der Waals surface area contributed by atoms with Crippen molar-refractivity contribution < 1.29 is 0 Å². The normalized spacial score (nSPS) is 17.3. The van der Waals surface area contributed by atoms with Crippen molar-refractivity contribution in [2.75, 3.05) is 6.16 Å². The molecule has 2 atom stereocenters. The molecule has 2 N–H and O–H groups in total. The SMILES string of the molecule is CCCCC(C)(N)CP. The fourth-order valence-corrected chi connectivity index (χ4v) is 0.887. The topological polar surface area (TPSA) is 26.0 Å². The summed E-state index contributed by atoms with van der Waals surface area (Å²) in [7, 11) is 2.69. The fourth-order valence-electron chi connectivity index (χ4n) is 0.683. The lowest BCUT2D eigenvalue weighted by Gasteiger charge is -2.21. The van der Waals surface area contributed by atoms with Crippen molar-refractivity contribution >= 4 is 9.24 Å². The van der Waals surface area contributed by atoms with Gasteiger partial charge in [-0.3, -0.25) is 0 Å². The van der Waals surface area contributed by atoms with Gasteiger partial charge in [-0.25, -0.2) is 0 Å². The number of hydrogen-bond donors (Lipinski definition) is 1. The van der Waals surface area contributed by atoms with Crippen LogP contribution in [0, 0.1) is 0 Å². The van der Waals surface area contributed by atoms with E-state index in [0.29, 0.717) is 0 Å². The fraction of sp³-hybridized carbons (Fsp3) is 1.00. The summed E-state index contributed by atoms with van der Waals surface area (Å²) >= 11 is 0. The molecule has 0 radical (unpaired) electrons. The van der Waals surface area contributed by atoms with Crippen LogP contribution in [-0.4, -0.2) is 11.7 Å². The molecule has 0 heterocycles. The van der Waals surface area contributed by atoms with Gasteiger partial charge in [0, 0.05) is 5.54 Å². The Kier molecular flexibility index (Phi) is 4.43. The summed E-state index contributed by atoms with van der Waals surface area (Å²) in [6.45, 7) is 4.30. The summed E-state index contributed by atoms with van der Waals surface area (Å²) in [6.07, 6.45) is 4.65. The molecule has 0 aliphatic rings. The number of unbranched alkanes of at least 4 members (excludes halogenated alkanes) is 1. The van der Waals surface area contributed by atoms with Crippen molar-refractivity contribution in [3.05, 3.63) is 0 Å². The van der Waals surface area contributed by atoms with E-state index < -0.39 is 0 Å². The number of rotatable bonds is 4. The molecule has 0 spiro atoms. The highest BCUT2D eigenvalue weighted by Crippen LogP contribution is 2.12. The molecule has 0 aromatic rings. The number of hydrogen-bond acceptors (Lipinski definition) is 1. The maximum Gasteiger partial charge on any atom is 0.0160 e. The first-order valence-corrected chi connectivity index (χ1v) is 4.43. The van der Waals surface area contributed by atoms with Gasteiger partial charge in [0.2, 0.25) is 0 Å². The van der Waals surface area contributed by atoms with E-state index in [-0.39, 0.29) is 5.54 Å². The Morgan fingerprint density at radius 2 is 2.11 bits per heavy atom. The van der Waals surface area contributed by atoms with E-state index in [4.69, 9.17) is 5.73 Å². The van der Waals surface area contributed by atoms with E-state index in [1.165, 1.54) is 12.8 Å². The molecule has 0 aliphatic heterocycles. The van der Waals surface area contributed by atoms with Crippen molar-refractivity contribution in [2.24, 2.45) is 5.73 Å². The molecule has 9 heavy (non-hydrogen) atoms. The standard InChI is InChI=1S/C7H18NP/c1-3-4-5-7(2,8)6-9/h3-6,8-9H2,1-2H3. The lowest BCUT2D eigenvalue weighted by molar-refractivity contribution is 0.464. The molecular weight excluding hydrogens is 129 g/mol. The minimum absolute atomic E-state index is 0.0562. The van der Waals surface area contributed by atoms with Gasteiger partial charge in [0.05, 0.1) is 0 Å². The second-order valence-corrected chi connectivity index (χ2v) is 3.37. The van der Waals surface area contributed by atoms with Crippen molar-refractivity contribution in [2.45, 2.75) is 38.6 Å². The van der Waals surface area contributed by atoms with Gasteiger partial charge >= 0.3 is 0 Å². The van der Waals surface area contributed by atoms with Crippen molar-refractivity contribution in [1.82, 2.24) is 0 Å². The predicted octanol–water partition coefficient (Wildman–Crippen LogP) is 1.77. The van der Waals surface area contributed by atoms with Gasteiger partial charge < -0.3 is 5.73 Å². The molecule has 0 saturated heterocycles. The first-order valence-electron chi connectivity index (χ1n) is 3.61. The summed E-state index contributed by atoms with van der Waals surface area (Å²) < 4.78 is 0. The Labute approximate surface area is 60.6 Å². The van der Waals surface area contributed by atoms with E-state index in [1.807, 2.05) is 0 Å². The molecule has 0 saturated carbocycles. The highest BCUT2D eigenvalue weighted by molar-refractivity contribution is 7.16. The summed E-state index contributed by atoms with van der Waals surface area (Å²) in [6, 6.07) is 0. The third kappa shape index (κ3) is 4.87. The van der Waals surface area contributed by atoms with Gasteiger partial charge in [-0.2, -0.15) is 0 Å². The van der Waals surface area contributed by atoms with Gasteiger partial charge in [-0.1, -0.05) is 19.8 Å². The van der Waals surface area contributed by atoms with Crippen LogP contribution < -0.4 is 5.73 Å². The van der Waals surface area contributed by atoms with Crippen LogP contribution in [0.1, 0.15) is 33.1 Å². The predicted molar refractivity (Wildman–Crippen MR) is 46.7 cm³/mol. The summed E-state index contributed by atoms with van der Waals surface area (Å²) in [5, 5.41) is 0. The molecule has 0 fully saturated rings. The average Bonchev–Trinajstić information content (AvgIpc) is 1.84. The highest BCUT2D eigenvalue weighted by Gasteiger charge is 2.13. The molecule has 2 unspecified atom stereocenters. The van der Waals surface area contributed by atoms with Crippen LogP contribution in [0.2, 0.25) is 0 Å². The van der Waals surface area contributed by atoms with Gasteiger partial charge in [0.1, 0.15) is 0 Å². The van der Waals surface area contributed by atoms with E-state index >= 15 is 0 Å². The quantitative estimate of drug-likeness (QED) is 0.602. The van der Waals surface area contributed by atoms with Crippen LogP contribution in [0.15, 0.2) is 0 Å². The minimum atomic E-state index is 0.0562. The maximum atomic E-state index is 5.88. The minimum Gasteiger partial charge on any atom is -0.325 e. The Hall–Kier alpha value is 0.390.